The first-order valence-electron chi connectivity index (χ1n) is 11.7. The zero-order chi connectivity index (χ0) is 23.0. The van der Waals surface area contributed by atoms with Crippen LogP contribution in [0.15, 0.2) is 85.2 Å². The lowest BCUT2D eigenvalue weighted by atomic mass is 9.35. The van der Waals surface area contributed by atoms with Gasteiger partial charge in [-0.15, -0.1) is 0 Å². The van der Waals surface area contributed by atoms with Crippen molar-refractivity contribution in [3.63, 3.8) is 0 Å². The maximum Gasteiger partial charge on any atom is 0.260 e. The smallest absolute Gasteiger partial charge is 0.260 e. The highest BCUT2D eigenvalue weighted by atomic mass is 16.5. The van der Waals surface area contributed by atoms with Gasteiger partial charge in [-0.1, -0.05) is 69.3 Å². The number of nitrogens with zero attached hydrogens (tertiary/aromatic N) is 2. The lowest BCUT2D eigenvalue weighted by Crippen LogP contribution is -2.57. The van der Waals surface area contributed by atoms with Gasteiger partial charge < -0.3 is 9.47 Å². The zero-order valence-corrected chi connectivity index (χ0v) is 19.4. The molecule has 0 amide bonds. The van der Waals surface area contributed by atoms with Gasteiger partial charge in [0.05, 0.1) is 5.52 Å². The summed E-state index contributed by atoms with van der Waals surface area (Å²) < 4.78 is 15.1. The Hall–Kier alpha value is -3.99. The number of hydrogen-bond donors (Lipinski definition) is 0. The van der Waals surface area contributed by atoms with Gasteiger partial charge in [-0.2, -0.15) is 0 Å². The molecule has 0 aliphatic carbocycles. The topological polar surface area (TPSA) is 36.3 Å². The Morgan fingerprint density at radius 2 is 1.47 bits per heavy atom. The second-order valence-electron chi connectivity index (χ2n) is 10.1. The molecule has 0 N–H and O–H groups in total. The SMILES string of the molecule is CC(C)(C)c1cccc(-n2cnc3c4c5c(cc32)Oc2ccccc2B5c2ccccc2O4)c1. The Bertz CT molecular complexity index is 1600. The minimum absolute atomic E-state index is 0.0543. The molecule has 0 bridgehead atoms. The first-order valence-corrected chi connectivity index (χ1v) is 11.7. The van der Waals surface area contributed by atoms with E-state index >= 15 is 0 Å². The second-order valence-corrected chi connectivity index (χ2v) is 10.1. The van der Waals surface area contributed by atoms with Crippen LogP contribution in [0.25, 0.3) is 16.7 Å². The molecule has 1 aromatic heterocycles. The largest absolute Gasteiger partial charge is 0.458 e. The Labute approximate surface area is 198 Å². The molecule has 4 aromatic carbocycles. The Kier molecular flexibility index (Phi) is 3.88. The number of hydrogen-bond acceptors (Lipinski definition) is 3. The van der Waals surface area contributed by atoms with E-state index in [-0.39, 0.29) is 12.1 Å². The van der Waals surface area contributed by atoms with E-state index in [1.54, 1.807) is 0 Å². The quantitative estimate of drug-likeness (QED) is 0.334. The van der Waals surface area contributed by atoms with Crippen LogP contribution >= 0.6 is 0 Å². The van der Waals surface area contributed by atoms with E-state index < -0.39 is 0 Å². The first kappa shape index (κ1) is 19.5. The number of benzene rings is 4. The van der Waals surface area contributed by atoms with Crippen molar-refractivity contribution in [3.8, 4) is 28.7 Å². The molecular weight excluding hydrogens is 419 g/mol. The lowest BCUT2D eigenvalue weighted by Gasteiger charge is -2.32. The van der Waals surface area contributed by atoms with Gasteiger partial charge in [0.2, 0.25) is 0 Å². The molecule has 0 radical (unpaired) electrons. The fourth-order valence-electron chi connectivity index (χ4n) is 5.23. The maximum atomic E-state index is 6.52. The maximum absolute atomic E-state index is 6.52. The van der Waals surface area contributed by atoms with Crippen molar-refractivity contribution in [2.45, 2.75) is 26.2 Å². The summed E-state index contributed by atoms with van der Waals surface area (Å²) in [6, 6.07) is 27.3. The summed E-state index contributed by atoms with van der Waals surface area (Å²) in [5, 5.41) is 0. The van der Waals surface area contributed by atoms with Crippen molar-refractivity contribution >= 4 is 34.1 Å². The van der Waals surface area contributed by atoms with E-state index in [1.807, 2.05) is 30.6 Å². The molecule has 7 rings (SSSR count). The van der Waals surface area contributed by atoms with Gasteiger partial charge in [0.15, 0.2) is 5.75 Å². The van der Waals surface area contributed by atoms with Crippen molar-refractivity contribution in [3.05, 3.63) is 90.8 Å². The fourth-order valence-corrected chi connectivity index (χ4v) is 5.23. The standard InChI is InChI=1S/C29H23BN2O2/c1-29(2,3)18-9-8-10-19(15-18)32-17-31-27-22(32)16-25-26-28(27)34-24-14-7-5-12-21(24)30(26)20-11-4-6-13-23(20)33-25/h4-17H,1-3H3. The van der Waals surface area contributed by atoms with E-state index in [9.17, 15) is 0 Å². The molecule has 0 saturated carbocycles. The molecular formula is C29H23BN2O2. The number of rotatable bonds is 1. The minimum Gasteiger partial charge on any atom is -0.458 e. The van der Waals surface area contributed by atoms with E-state index in [0.29, 0.717) is 0 Å². The second kappa shape index (κ2) is 6.77. The van der Waals surface area contributed by atoms with Crippen LogP contribution in [0, 0.1) is 0 Å². The lowest BCUT2D eigenvalue weighted by molar-refractivity contribution is 0.468. The Balaban J connectivity index is 1.50. The number of para-hydroxylation sites is 2. The van der Waals surface area contributed by atoms with Crippen molar-refractivity contribution < 1.29 is 9.47 Å². The molecule has 0 saturated heterocycles. The number of imidazole rings is 1. The predicted octanol–water partition coefficient (Wildman–Crippen LogP) is 5.05. The summed E-state index contributed by atoms with van der Waals surface area (Å²) in [5.41, 5.74) is 7.60. The average molecular weight is 442 g/mol. The van der Waals surface area contributed by atoms with E-state index in [2.05, 4.69) is 79.9 Å². The fraction of sp³-hybridized carbons (Fsp3) is 0.138. The van der Waals surface area contributed by atoms with Crippen LogP contribution in [0.4, 0.5) is 0 Å². The van der Waals surface area contributed by atoms with Crippen LogP contribution in [0.5, 0.6) is 23.0 Å². The third-order valence-electron chi connectivity index (χ3n) is 6.97. The summed E-state index contributed by atoms with van der Waals surface area (Å²) in [6.45, 7) is 6.75. The zero-order valence-electron chi connectivity index (χ0n) is 19.4. The number of aromatic nitrogens is 2. The Morgan fingerprint density at radius 1 is 0.765 bits per heavy atom. The monoisotopic (exact) mass is 442 g/mol. The van der Waals surface area contributed by atoms with Crippen molar-refractivity contribution in [1.82, 2.24) is 9.55 Å². The van der Waals surface area contributed by atoms with E-state index in [4.69, 9.17) is 14.5 Å². The molecule has 5 aromatic rings. The summed E-state index contributed by atoms with van der Waals surface area (Å²) in [7, 11) is 0. The Morgan fingerprint density at radius 3 is 2.21 bits per heavy atom. The first-order chi connectivity index (χ1) is 16.5. The van der Waals surface area contributed by atoms with E-state index in [0.717, 1.165) is 56.1 Å². The van der Waals surface area contributed by atoms with Crippen molar-refractivity contribution in [1.29, 1.82) is 0 Å². The van der Waals surface area contributed by atoms with Gasteiger partial charge in [-0.3, -0.25) is 4.57 Å². The molecule has 5 heteroatoms. The number of ether oxygens (including phenoxy) is 2. The summed E-state index contributed by atoms with van der Waals surface area (Å²) in [4.78, 5) is 4.85. The molecule has 164 valence electrons. The van der Waals surface area contributed by atoms with Crippen molar-refractivity contribution in [2.75, 3.05) is 0 Å². The normalized spacial score (nSPS) is 13.6. The molecule has 0 atom stereocenters. The van der Waals surface area contributed by atoms with Crippen LogP contribution in [0.2, 0.25) is 0 Å². The van der Waals surface area contributed by atoms with Crippen LogP contribution in [0.1, 0.15) is 26.3 Å². The van der Waals surface area contributed by atoms with Crippen molar-refractivity contribution in [2.24, 2.45) is 0 Å². The van der Waals surface area contributed by atoms with Crippen LogP contribution in [0.3, 0.4) is 0 Å². The molecule has 3 heterocycles. The van der Waals surface area contributed by atoms with Crippen LogP contribution < -0.4 is 25.9 Å². The van der Waals surface area contributed by atoms with E-state index in [1.165, 1.54) is 5.56 Å². The number of fused-ring (bicyclic) bond motifs is 6. The van der Waals surface area contributed by atoms with Crippen LogP contribution in [-0.4, -0.2) is 16.3 Å². The van der Waals surface area contributed by atoms with Gasteiger partial charge in [0, 0.05) is 17.2 Å². The third kappa shape index (κ3) is 2.70. The van der Waals surface area contributed by atoms with Gasteiger partial charge >= 0.3 is 0 Å². The molecule has 0 spiro atoms. The van der Waals surface area contributed by atoms with Gasteiger partial charge in [0.25, 0.3) is 6.71 Å². The molecule has 4 nitrogen and oxygen atoms in total. The molecule has 2 aliphatic heterocycles. The highest BCUT2D eigenvalue weighted by Gasteiger charge is 2.41. The van der Waals surface area contributed by atoms with Gasteiger partial charge in [0.1, 0.15) is 29.1 Å². The van der Waals surface area contributed by atoms with Gasteiger partial charge in [-0.05, 0) is 46.2 Å². The minimum atomic E-state index is 0.0543. The third-order valence-corrected chi connectivity index (χ3v) is 6.97. The summed E-state index contributed by atoms with van der Waals surface area (Å²) in [5.74, 6) is 3.38. The molecule has 34 heavy (non-hydrogen) atoms. The van der Waals surface area contributed by atoms with Gasteiger partial charge in [-0.25, -0.2) is 4.98 Å². The summed E-state index contributed by atoms with van der Waals surface area (Å²) >= 11 is 0. The predicted molar refractivity (Wildman–Crippen MR) is 137 cm³/mol. The molecule has 0 unspecified atom stereocenters. The van der Waals surface area contributed by atoms with Crippen LogP contribution in [-0.2, 0) is 5.41 Å². The molecule has 0 fully saturated rings. The average Bonchev–Trinajstić information content (AvgIpc) is 3.27. The molecule has 2 aliphatic rings. The highest BCUT2D eigenvalue weighted by molar-refractivity contribution is 6.98. The highest BCUT2D eigenvalue weighted by Crippen LogP contribution is 2.39. The summed E-state index contributed by atoms with van der Waals surface area (Å²) in [6.07, 6.45) is 1.89.